The molecular formula is C11H21N3O. The van der Waals surface area contributed by atoms with Crippen molar-refractivity contribution in [3.63, 3.8) is 0 Å². The van der Waals surface area contributed by atoms with Gasteiger partial charge in [-0.3, -0.25) is 0 Å². The molecular weight excluding hydrogens is 190 g/mol. The topological polar surface area (TPSA) is 58.4 Å². The summed E-state index contributed by atoms with van der Waals surface area (Å²) in [7, 11) is 0. The molecule has 1 aliphatic carbocycles. The van der Waals surface area contributed by atoms with Crippen LogP contribution >= 0.6 is 0 Å². The number of rotatable bonds is 2. The van der Waals surface area contributed by atoms with E-state index in [4.69, 9.17) is 5.73 Å². The van der Waals surface area contributed by atoms with Gasteiger partial charge in [0.15, 0.2) is 0 Å². The smallest absolute Gasteiger partial charge is 0.318 e. The summed E-state index contributed by atoms with van der Waals surface area (Å²) in [6.07, 6.45) is 4.74. The maximum absolute atomic E-state index is 11.7. The molecule has 2 fully saturated rings. The molecule has 0 spiro atoms. The van der Waals surface area contributed by atoms with E-state index >= 15 is 0 Å². The van der Waals surface area contributed by atoms with Gasteiger partial charge in [-0.05, 0) is 18.8 Å². The van der Waals surface area contributed by atoms with E-state index in [0.29, 0.717) is 12.5 Å². The number of nitrogens with one attached hydrogen (secondary N) is 1. The summed E-state index contributed by atoms with van der Waals surface area (Å²) in [6, 6.07) is 0.0780. The van der Waals surface area contributed by atoms with Gasteiger partial charge in [-0.25, -0.2) is 4.79 Å². The molecule has 2 atom stereocenters. The standard InChI is InChI=1S/C11H21N3O/c1-9-4-2-3-5-11(9,8-12)14-7-6-13-10(14)15/h9H,2-8,12H2,1H3,(H,13,15). The number of hydrogen-bond donors (Lipinski definition) is 2. The first-order valence-electron chi connectivity index (χ1n) is 5.96. The van der Waals surface area contributed by atoms with Gasteiger partial charge in [0.2, 0.25) is 0 Å². The predicted molar refractivity (Wildman–Crippen MR) is 59.5 cm³/mol. The van der Waals surface area contributed by atoms with Crippen LogP contribution in [0.2, 0.25) is 0 Å². The van der Waals surface area contributed by atoms with Gasteiger partial charge >= 0.3 is 6.03 Å². The Balaban J connectivity index is 2.22. The Morgan fingerprint density at radius 1 is 1.60 bits per heavy atom. The minimum absolute atomic E-state index is 0.0706. The average molecular weight is 211 g/mol. The zero-order valence-corrected chi connectivity index (χ0v) is 9.46. The summed E-state index contributed by atoms with van der Waals surface area (Å²) in [5, 5.41) is 2.88. The van der Waals surface area contributed by atoms with Crippen LogP contribution in [-0.2, 0) is 0 Å². The Labute approximate surface area is 91.2 Å². The van der Waals surface area contributed by atoms with Crippen molar-refractivity contribution in [2.75, 3.05) is 19.6 Å². The Hall–Kier alpha value is -0.770. The quantitative estimate of drug-likeness (QED) is 0.713. The number of urea groups is 1. The van der Waals surface area contributed by atoms with E-state index in [1.54, 1.807) is 0 Å². The van der Waals surface area contributed by atoms with E-state index in [9.17, 15) is 4.79 Å². The van der Waals surface area contributed by atoms with Gasteiger partial charge in [-0.1, -0.05) is 19.8 Å². The van der Waals surface area contributed by atoms with E-state index < -0.39 is 0 Å². The molecule has 0 aromatic rings. The average Bonchev–Trinajstić information content (AvgIpc) is 2.66. The van der Waals surface area contributed by atoms with Crippen LogP contribution in [0.4, 0.5) is 4.79 Å². The Bertz CT molecular complexity index is 256. The molecule has 2 aliphatic rings. The van der Waals surface area contributed by atoms with Gasteiger partial charge in [-0.15, -0.1) is 0 Å². The number of carbonyl (C=O) groups excluding carboxylic acids is 1. The molecule has 3 N–H and O–H groups in total. The molecule has 0 bridgehead atoms. The van der Waals surface area contributed by atoms with Gasteiger partial charge in [0.1, 0.15) is 0 Å². The van der Waals surface area contributed by atoms with Gasteiger partial charge < -0.3 is 16.0 Å². The summed E-state index contributed by atoms with van der Waals surface area (Å²) in [5.74, 6) is 0.528. The third-order valence-electron chi connectivity index (χ3n) is 4.16. The minimum Gasteiger partial charge on any atom is -0.336 e. The lowest BCUT2D eigenvalue weighted by molar-refractivity contribution is 0.0568. The lowest BCUT2D eigenvalue weighted by Gasteiger charge is -2.47. The molecule has 15 heavy (non-hydrogen) atoms. The third kappa shape index (κ3) is 1.61. The summed E-state index contributed by atoms with van der Waals surface area (Å²) in [4.78, 5) is 13.7. The molecule has 1 saturated heterocycles. The lowest BCUT2D eigenvalue weighted by Crippen LogP contribution is -2.60. The first-order chi connectivity index (χ1) is 7.20. The molecule has 0 radical (unpaired) electrons. The second-order valence-electron chi connectivity index (χ2n) is 4.84. The number of amides is 2. The first-order valence-corrected chi connectivity index (χ1v) is 5.96. The lowest BCUT2D eigenvalue weighted by atomic mass is 9.72. The van der Waals surface area contributed by atoms with E-state index in [2.05, 4.69) is 12.2 Å². The molecule has 2 amide bonds. The predicted octanol–water partition coefficient (Wildman–Crippen LogP) is 0.919. The number of nitrogens with zero attached hydrogens (tertiary/aromatic N) is 1. The van der Waals surface area contributed by atoms with Crippen molar-refractivity contribution < 1.29 is 4.79 Å². The van der Waals surface area contributed by atoms with Crippen LogP contribution in [0, 0.1) is 5.92 Å². The highest BCUT2D eigenvalue weighted by molar-refractivity contribution is 5.77. The summed E-state index contributed by atoms with van der Waals surface area (Å²) < 4.78 is 0. The highest BCUT2D eigenvalue weighted by atomic mass is 16.2. The molecule has 2 unspecified atom stereocenters. The van der Waals surface area contributed by atoms with Gasteiger partial charge in [0, 0.05) is 19.6 Å². The van der Waals surface area contributed by atoms with Crippen LogP contribution < -0.4 is 11.1 Å². The summed E-state index contributed by atoms with van der Waals surface area (Å²) in [5.41, 5.74) is 5.88. The molecule has 0 aromatic carbocycles. The largest absolute Gasteiger partial charge is 0.336 e. The van der Waals surface area contributed by atoms with E-state index in [1.807, 2.05) is 4.90 Å². The minimum atomic E-state index is -0.0706. The Kier molecular flexibility index (Phi) is 2.87. The van der Waals surface area contributed by atoms with Crippen molar-refractivity contribution in [1.82, 2.24) is 10.2 Å². The monoisotopic (exact) mass is 211 g/mol. The zero-order chi connectivity index (χ0) is 10.9. The van der Waals surface area contributed by atoms with Crippen molar-refractivity contribution in [3.05, 3.63) is 0 Å². The fourth-order valence-corrected chi connectivity index (χ4v) is 3.11. The summed E-state index contributed by atoms with van der Waals surface area (Å²) >= 11 is 0. The molecule has 86 valence electrons. The van der Waals surface area contributed by atoms with Crippen LogP contribution in [-0.4, -0.2) is 36.1 Å². The van der Waals surface area contributed by atoms with E-state index in [1.165, 1.54) is 19.3 Å². The number of hydrogen-bond acceptors (Lipinski definition) is 2. The molecule has 1 aliphatic heterocycles. The van der Waals surface area contributed by atoms with E-state index in [-0.39, 0.29) is 11.6 Å². The van der Waals surface area contributed by atoms with Crippen LogP contribution in [0.25, 0.3) is 0 Å². The Morgan fingerprint density at radius 3 is 2.93 bits per heavy atom. The van der Waals surface area contributed by atoms with Crippen molar-refractivity contribution >= 4 is 6.03 Å². The van der Waals surface area contributed by atoms with Gasteiger partial charge in [0.05, 0.1) is 5.54 Å². The van der Waals surface area contributed by atoms with Crippen molar-refractivity contribution in [1.29, 1.82) is 0 Å². The SMILES string of the molecule is CC1CCCCC1(CN)N1CCNC1=O. The van der Waals surface area contributed by atoms with E-state index in [0.717, 1.165) is 19.5 Å². The number of nitrogens with two attached hydrogens (primary N) is 1. The zero-order valence-electron chi connectivity index (χ0n) is 9.46. The molecule has 4 nitrogen and oxygen atoms in total. The molecule has 4 heteroatoms. The normalized spacial score (nSPS) is 36.8. The highest BCUT2D eigenvalue weighted by Gasteiger charge is 2.45. The van der Waals surface area contributed by atoms with Crippen molar-refractivity contribution in [2.24, 2.45) is 11.7 Å². The molecule has 2 rings (SSSR count). The summed E-state index contributed by atoms with van der Waals surface area (Å²) in [6.45, 7) is 4.42. The number of carbonyl (C=O) groups is 1. The maximum Gasteiger partial charge on any atom is 0.318 e. The van der Waals surface area contributed by atoms with Crippen molar-refractivity contribution in [3.8, 4) is 0 Å². The molecule has 0 aromatic heterocycles. The van der Waals surface area contributed by atoms with Crippen LogP contribution in [0.5, 0.6) is 0 Å². The van der Waals surface area contributed by atoms with Crippen molar-refractivity contribution in [2.45, 2.75) is 38.1 Å². The second-order valence-corrected chi connectivity index (χ2v) is 4.84. The van der Waals surface area contributed by atoms with Crippen LogP contribution in [0.1, 0.15) is 32.6 Å². The van der Waals surface area contributed by atoms with Crippen LogP contribution in [0.15, 0.2) is 0 Å². The van der Waals surface area contributed by atoms with Gasteiger partial charge in [-0.2, -0.15) is 0 Å². The van der Waals surface area contributed by atoms with Gasteiger partial charge in [0.25, 0.3) is 0 Å². The Morgan fingerprint density at radius 2 is 2.40 bits per heavy atom. The van der Waals surface area contributed by atoms with Crippen LogP contribution in [0.3, 0.4) is 0 Å². The highest BCUT2D eigenvalue weighted by Crippen LogP contribution is 2.38. The molecule has 1 heterocycles. The maximum atomic E-state index is 11.7. The molecule has 1 saturated carbocycles. The third-order valence-corrected chi connectivity index (χ3v) is 4.16. The fraction of sp³-hybridized carbons (Fsp3) is 0.909. The fourth-order valence-electron chi connectivity index (χ4n) is 3.11. The second kappa shape index (κ2) is 4.00. The first kappa shape index (κ1) is 10.7.